The van der Waals surface area contributed by atoms with Crippen molar-refractivity contribution in [2.45, 2.75) is 81.5 Å². The summed E-state index contributed by atoms with van der Waals surface area (Å²) >= 11 is 0. The fourth-order valence-corrected chi connectivity index (χ4v) is 9.85. The Kier molecular flexibility index (Phi) is 4.99. The molecule has 4 fully saturated rings. The van der Waals surface area contributed by atoms with Crippen molar-refractivity contribution in [3.8, 4) is 0 Å². The predicted octanol–water partition coefficient (Wildman–Crippen LogP) is 6.70. The van der Waals surface area contributed by atoms with E-state index < -0.39 is 0 Å². The summed E-state index contributed by atoms with van der Waals surface area (Å²) in [5, 5.41) is 2.74. The number of hydrogen-bond donors (Lipinski definition) is 0. The van der Waals surface area contributed by atoms with Gasteiger partial charge in [0.25, 0.3) is 0 Å². The summed E-state index contributed by atoms with van der Waals surface area (Å²) in [6.07, 6.45) is 15.3. The maximum Gasteiger partial charge on any atom is 0.0974 e. The van der Waals surface area contributed by atoms with Gasteiger partial charge >= 0.3 is 0 Å². The van der Waals surface area contributed by atoms with Crippen LogP contribution in [-0.2, 0) is 4.74 Å². The third-order valence-electron chi connectivity index (χ3n) is 11.9. The van der Waals surface area contributed by atoms with Gasteiger partial charge in [0.15, 0.2) is 0 Å². The molecule has 2 bridgehead atoms. The van der Waals surface area contributed by atoms with Crippen molar-refractivity contribution < 1.29 is 4.74 Å². The first-order chi connectivity index (χ1) is 18.0. The lowest BCUT2D eigenvalue weighted by Crippen LogP contribution is -2.57. The summed E-state index contributed by atoms with van der Waals surface area (Å²) in [4.78, 5) is 5.28. The zero-order valence-electron chi connectivity index (χ0n) is 22.7. The molecule has 0 aromatic heterocycles. The van der Waals surface area contributed by atoms with Crippen LogP contribution in [0.2, 0.25) is 0 Å². The van der Waals surface area contributed by atoms with Crippen LogP contribution in [0.1, 0.15) is 69.8 Å². The predicted molar refractivity (Wildman–Crippen MR) is 151 cm³/mol. The minimum absolute atomic E-state index is 0.00287. The Hall–Kier alpha value is -1.94. The maximum atomic E-state index is 7.58. The minimum atomic E-state index is -0.0495. The molecule has 37 heavy (non-hydrogen) atoms. The van der Waals surface area contributed by atoms with Gasteiger partial charge in [-0.15, -0.1) is 0 Å². The molecular weight excluding hydrogens is 452 g/mol. The van der Waals surface area contributed by atoms with Crippen LogP contribution in [0.5, 0.6) is 0 Å². The second-order valence-corrected chi connectivity index (χ2v) is 13.5. The number of piperazine rings is 1. The van der Waals surface area contributed by atoms with Crippen LogP contribution < -0.4 is 0 Å². The Labute approximate surface area is 222 Å². The van der Waals surface area contributed by atoms with Crippen LogP contribution in [-0.4, -0.2) is 60.3 Å². The maximum absolute atomic E-state index is 7.58. The van der Waals surface area contributed by atoms with E-state index in [0.717, 1.165) is 0 Å². The Morgan fingerprint density at radius 1 is 0.919 bits per heavy atom. The highest BCUT2D eigenvalue weighted by molar-refractivity contribution is 5.83. The van der Waals surface area contributed by atoms with E-state index in [1.54, 1.807) is 16.7 Å². The Morgan fingerprint density at radius 3 is 2.62 bits per heavy atom. The van der Waals surface area contributed by atoms with Crippen molar-refractivity contribution in [2.24, 2.45) is 11.3 Å². The van der Waals surface area contributed by atoms with Crippen LogP contribution in [0.3, 0.4) is 0 Å². The zero-order valence-corrected chi connectivity index (χ0v) is 22.7. The molecule has 1 unspecified atom stereocenters. The second kappa shape index (κ2) is 8.04. The van der Waals surface area contributed by atoms with E-state index in [0.29, 0.717) is 17.9 Å². The van der Waals surface area contributed by atoms with Crippen LogP contribution >= 0.6 is 0 Å². The van der Waals surface area contributed by atoms with Crippen LogP contribution in [0.25, 0.3) is 10.8 Å². The number of likely N-dealkylation sites (N-methyl/N-ethyl adjacent to an activating group) is 1. The molecule has 0 N–H and O–H groups in total. The van der Waals surface area contributed by atoms with Crippen molar-refractivity contribution in [1.82, 2.24) is 9.80 Å². The first kappa shape index (κ1) is 23.0. The third-order valence-corrected chi connectivity index (χ3v) is 11.9. The first-order valence-corrected chi connectivity index (χ1v) is 15.0. The minimum Gasteiger partial charge on any atom is -0.359 e. The highest BCUT2D eigenvalue weighted by Gasteiger charge is 2.66. The van der Waals surface area contributed by atoms with E-state index in [4.69, 9.17) is 4.74 Å². The van der Waals surface area contributed by atoms with Crippen molar-refractivity contribution in [3.63, 3.8) is 0 Å². The second-order valence-electron chi connectivity index (χ2n) is 13.5. The van der Waals surface area contributed by atoms with E-state index in [1.807, 2.05) is 0 Å². The highest BCUT2D eigenvalue weighted by Crippen LogP contribution is 2.69. The Bertz CT molecular complexity index is 1300. The van der Waals surface area contributed by atoms with Gasteiger partial charge in [0.05, 0.1) is 11.2 Å². The molecule has 2 spiro atoms. The third kappa shape index (κ3) is 3.23. The molecule has 2 aromatic rings. The number of nitrogens with zero attached hydrogens (tertiary/aromatic N) is 2. The number of rotatable bonds is 2. The van der Waals surface area contributed by atoms with Gasteiger partial charge in [-0.1, -0.05) is 61.5 Å². The standard InChI is InChI=1S/C34H42N2O/c1-32-14-13-28-22-27-9-10-29(36-19-17-35(2)18-20-36)23-33(27)15-16-34(28,37-33)31(32)12-11-30(32)26-8-7-24-5-3-4-6-25(24)21-26/h3-8,13,21-22,29-31H,9-12,14-20,23H2,1-2H3/t29-,30-,31-,32-,33?,34-/m1/s1. The number of hydrogen-bond acceptors (Lipinski definition) is 3. The first-order valence-electron chi connectivity index (χ1n) is 15.0. The summed E-state index contributed by atoms with van der Waals surface area (Å²) in [6, 6.07) is 16.8. The van der Waals surface area contributed by atoms with Crippen LogP contribution in [0.4, 0.5) is 0 Å². The topological polar surface area (TPSA) is 15.7 Å². The summed E-state index contributed by atoms with van der Waals surface area (Å²) in [7, 11) is 2.27. The van der Waals surface area contributed by atoms with E-state index in [2.05, 4.69) is 78.4 Å². The average Bonchev–Trinajstić information content (AvgIpc) is 3.43. The molecular formula is C34H42N2O. The van der Waals surface area contributed by atoms with Gasteiger partial charge in [-0.25, -0.2) is 0 Å². The van der Waals surface area contributed by atoms with E-state index in [-0.39, 0.29) is 16.6 Å². The number of fused-ring (bicyclic) bond motifs is 2. The number of allylic oxidation sites excluding steroid dienone is 1. The summed E-state index contributed by atoms with van der Waals surface area (Å²) in [6.45, 7) is 7.47. The van der Waals surface area contributed by atoms with E-state index in [1.165, 1.54) is 88.3 Å². The fourth-order valence-electron chi connectivity index (χ4n) is 9.85. The van der Waals surface area contributed by atoms with Gasteiger partial charge in [0.1, 0.15) is 0 Å². The van der Waals surface area contributed by atoms with E-state index in [9.17, 15) is 0 Å². The molecule has 8 rings (SSSR count). The molecule has 3 heteroatoms. The van der Waals surface area contributed by atoms with Gasteiger partial charge in [-0.3, -0.25) is 4.90 Å². The molecule has 3 aliphatic heterocycles. The summed E-state index contributed by atoms with van der Waals surface area (Å²) in [5.41, 5.74) is 4.95. The van der Waals surface area contributed by atoms with Gasteiger partial charge in [-0.05, 0) is 103 Å². The molecule has 6 atom stereocenters. The van der Waals surface area contributed by atoms with Crippen LogP contribution in [0.15, 0.2) is 65.8 Å². The summed E-state index contributed by atoms with van der Waals surface area (Å²) < 4.78 is 7.58. The summed E-state index contributed by atoms with van der Waals surface area (Å²) in [5.74, 6) is 1.24. The lowest BCUT2D eigenvalue weighted by Gasteiger charge is -2.55. The Morgan fingerprint density at radius 2 is 1.76 bits per heavy atom. The molecule has 2 aromatic carbocycles. The number of benzene rings is 2. The van der Waals surface area contributed by atoms with Crippen LogP contribution in [0, 0.1) is 11.3 Å². The zero-order chi connectivity index (χ0) is 24.8. The fraction of sp³-hybridized carbons (Fsp3) is 0.588. The van der Waals surface area contributed by atoms with Crippen molar-refractivity contribution in [1.29, 1.82) is 0 Å². The molecule has 2 saturated carbocycles. The average molecular weight is 495 g/mol. The highest BCUT2D eigenvalue weighted by atomic mass is 16.5. The van der Waals surface area contributed by atoms with Gasteiger partial charge in [0, 0.05) is 32.2 Å². The molecule has 194 valence electrons. The molecule has 3 nitrogen and oxygen atoms in total. The van der Waals surface area contributed by atoms with E-state index >= 15 is 0 Å². The smallest absolute Gasteiger partial charge is 0.0974 e. The molecule has 6 aliphatic rings. The largest absolute Gasteiger partial charge is 0.359 e. The molecule has 3 aliphatic carbocycles. The monoisotopic (exact) mass is 494 g/mol. The lowest BCUT2D eigenvalue weighted by atomic mass is 9.58. The normalized spacial score (nSPS) is 41.6. The van der Waals surface area contributed by atoms with Crippen molar-refractivity contribution >= 4 is 10.8 Å². The van der Waals surface area contributed by atoms with Gasteiger partial charge in [-0.2, -0.15) is 0 Å². The van der Waals surface area contributed by atoms with Gasteiger partial charge < -0.3 is 9.64 Å². The van der Waals surface area contributed by atoms with Crippen molar-refractivity contribution in [3.05, 3.63) is 71.3 Å². The molecule has 0 amide bonds. The molecule has 3 heterocycles. The van der Waals surface area contributed by atoms with Crippen molar-refractivity contribution in [2.75, 3.05) is 33.2 Å². The number of ether oxygens (including phenoxy) is 1. The van der Waals surface area contributed by atoms with Gasteiger partial charge in [0.2, 0.25) is 0 Å². The quantitative estimate of drug-likeness (QED) is 0.462. The molecule has 0 radical (unpaired) electrons. The SMILES string of the molecule is CN1CCN([C@@H]2CCC3=CC4=CC[C@]5(C)[C@@H](c6ccc7ccccc7c6)CC[C@H]5[C@@]45CCC3(C2)O5)CC1. The Balaban J connectivity index is 1.12. The lowest BCUT2D eigenvalue weighted by molar-refractivity contribution is -0.141. The molecule has 2 saturated heterocycles.